The molecule has 0 aromatic heterocycles. The zero-order chi connectivity index (χ0) is 3.58. The zero-order valence-corrected chi connectivity index (χ0v) is 8.26. The molecule has 0 rings (SSSR count). The van der Waals surface area contributed by atoms with E-state index in [4.69, 9.17) is 11.4 Å². The van der Waals surface area contributed by atoms with Gasteiger partial charge < -0.3 is 0 Å². The van der Waals surface area contributed by atoms with Gasteiger partial charge in [-0.2, -0.15) is 0 Å². The van der Waals surface area contributed by atoms with Crippen LogP contribution in [0.5, 0.6) is 0 Å². The van der Waals surface area contributed by atoms with Crippen molar-refractivity contribution in [1.29, 1.82) is 0 Å². The molecule has 3 nitrogen and oxygen atoms in total. The molecule has 0 saturated carbocycles. The van der Waals surface area contributed by atoms with Gasteiger partial charge in [-0.1, -0.05) is 0 Å². The van der Waals surface area contributed by atoms with Crippen molar-refractivity contribution in [2.75, 3.05) is 0 Å². The van der Waals surface area contributed by atoms with Crippen molar-refractivity contribution >= 4 is 12.4 Å². The predicted molar refractivity (Wildman–Crippen MR) is 9.31 cm³/mol. The zero-order valence-electron chi connectivity index (χ0n) is 3.04. The third kappa shape index (κ3) is 40.0. The molecule has 0 amide bonds. The first-order valence-electron chi connectivity index (χ1n) is 0.500. The van der Waals surface area contributed by atoms with E-state index in [0.29, 0.717) is 0 Å². The van der Waals surface area contributed by atoms with Gasteiger partial charge >= 0.3 is 76.7 Å². The molecule has 0 unspecified atom stereocenters. The Kier molecular flexibility index (Phi) is 26.0. The molecule has 0 aromatic carbocycles. The molecule has 0 fully saturated rings. The molecule has 0 N–H and O–H groups in total. The number of hydrogen-bond donors (Lipinski definition) is 0. The molecular formula is HClCrKO3+. The van der Waals surface area contributed by atoms with Gasteiger partial charge in [-0.05, 0) is 0 Å². The number of rotatable bonds is 0. The van der Waals surface area contributed by atoms with Gasteiger partial charge in [0, 0.05) is 0 Å². The Morgan fingerprint density at radius 1 is 1.00 bits per heavy atom. The Hall–Kier alpha value is 1.86. The van der Waals surface area contributed by atoms with Crippen LogP contribution in [-0.4, -0.2) is 0 Å². The summed E-state index contributed by atoms with van der Waals surface area (Å²) < 4.78 is 25.6. The van der Waals surface area contributed by atoms with Gasteiger partial charge in [0.15, 0.2) is 0 Å². The molecule has 32 valence electrons. The molecule has 0 atom stereocenters. The van der Waals surface area contributed by atoms with Crippen molar-refractivity contribution in [1.82, 2.24) is 0 Å². The van der Waals surface area contributed by atoms with E-state index < -0.39 is 14.0 Å². The molecule has 0 aliphatic heterocycles. The van der Waals surface area contributed by atoms with Crippen LogP contribution in [0.25, 0.3) is 0 Å². The molecule has 0 aliphatic rings. The fourth-order valence-corrected chi connectivity index (χ4v) is 0. The van der Waals surface area contributed by atoms with E-state index in [-0.39, 0.29) is 63.8 Å². The predicted octanol–water partition coefficient (Wildman–Crippen LogP) is -2.93. The Balaban J connectivity index is -0.0000000450. The fourth-order valence-electron chi connectivity index (χ4n) is 0. The Bertz CT molecular complexity index is 80.2. The molecule has 0 aliphatic carbocycles. The van der Waals surface area contributed by atoms with Crippen LogP contribution in [0.15, 0.2) is 0 Å². The molecule has 0 saturated heterocycles. The first-order chi connectivity index (χ1) is 1.73. The third-order valence-electron chi connectivity index (χ3n) is 0. The van der Waals surface area contributed by atoms with Gasteiger partial charge in [0.1, 0.15) is 0 Å². The van der Waals surface area contributed by atoms with Crippen molar-refractivity contribution in [2.45, 2.75) is 0 Å². The summed E-state index contributed by atoms with van der Waals surface area (Å²) in [5, 5.41) is 0. The second-order valence-corrected chi connectivity index (χ2v) is 0.842. The van der Waals surface area contributed by atoms with Crippen molar-refractivity contribution in [3.8, 4) is 0 Å². The molecule has 0 bridgehead atoms. The maximum atomic E-state index is 8.54. The van der Waals surface area contributed by atoms with Crippen molar-refractivity contribution in [2.24, 2.45) is 0 Å². The van der Waals surface area contributed by atoms with Crippen molar-refractivity contribution < 1.29 is 76.7 Å². The summed E-state index contributed by atoms with van der Waals surface area (Å²) in [6.07, 6.45) is 0. The summed E-state index contributed by atoms with van der Waals surface area (Å²) in [6.45, 7) is 0. The summed E-state index contributed by atoms with van der Waals surface area (Å²) in [5.41, 5.74) is 0. The van der Waals surface area contributed by atoms with E-state index >= 15 is 0 Å². The first kappa shape index (κ1) is 15.7. The average Bonchev–Trinajstić information content (AvgIpc) is 0.811. The van der Waals surface area contributed by atoms with E-state index in [1.54, 1.807) is 0 Å². The van der Waals surface area contributed by atoms with Crippen LogP contribution in [0.3, 0.4) is 0 Å². The van der Waals surface area contributed by atoms with Crippen LogP contribution in [0.4, 0.5) is 0 Å². The Morgan fingerprint density at radius 2 is 1.00 bits per heavy atom. The maximum absolute atomic E-state index is 8.54. The van der Waals surface area contributed by atoms with Crippen molar-refractivity contribution in [3.63, 3.8) is 0 Å². The number of halogens is 1. The molecule has 0 radical (unpaired) electrons. The topological polar surface area (TPSA) is 51.2 Å². The second-order valence-electron chi connectivity index (χ2n) is 0.204. The van der Waals surface area contributed by atoms with Gasteiger partial charge in [0.2, 0.25) is 0 Å². The standard InChI is InChI=1S/ClH.Cr.K.3O/h1H;;;;;/q;;+1;;;. The van der Waals surface area contributed by atoms with Gasteiger partial charge in [-0.15, -0.1) is 12.4 Å². The second kappa shape index (κ2) is 9.97. The van der Waals surface area contributed by atoms with Crippen LogP contribution < -0.4 is 51.4 Å². The number of hydrogen-bond acceptors (Lipinski definition) is 3. The first-order valence-corrected chi connectivity index (χ1v) is 2.06. The minimum absolute atomic E-state index is 0. The molecule has 0 aromatic rings. The summed E-state index contributed by atoms with van der Waals surface area (Å²) in [4.78, 5) is 0. The molecular weight excluding hydrogens is 175 g/mol. The van der Waals surface area contributed by atoms with Crippen LogP contribution in [0.1, 0.15) is 0 Å². The summed E-state index contributed by atoms with van der Waals surface area (Å²) in [5.74, 6) is 0. The normalized spacial score (nSPS) is 4.00. The van der Waals surface area contributed by atoms with Crippen LogP contribution in [-0.2, 0) is 25.4 Å². The molecule has 0 spiro atoms. The Morgan fingerprint density at radius 3 is 1.00 bits per heavy atom. The van der Waals surface area contributed by atoms with Crippen LogP contribution in [0.2, 0.25) is 0 Å². The SMILES string of the molecule is Cl.[K+].[O]=[Cr](=[O])=[O]. The van der Waals surface area contributed by atoms with E-state index in [0.717, 1.165) is 0 Å². The van der Waals surface area contributed by atoms with Crippen LogP contribution in [0, 0.1) is 0 Å². The quantitative estimate of drug-likeness (QED) is 0.371. The van der Waals surface area contributed by atoms with Gasteiger partial charge in [-0.25, -0.2) is 0 Å². The van der Waals surface area contributed by atoms with Gasteiger partial charge in [-0.3, -0.25) is 0 Å². The molecule has 6 heteroatoms. The van der Waals surface area contributed by atoms with Crippen LogP contribution >= 0.6 is 12.4 Å². The summed E-state index contributed by atoms with van der Waals surface area (Å²) in [7, 11) is 0. The monoisotopic (exact) mass is 175 g/mol. The fraction of sp³-hybridized carbons (Fsp3) is 0. The van der Waals surface area contributed by atoms with Gasteiger partial charge in [0.25, 0.3) is 0 Å². The van der Waals surface area contributed by atoms with E-state index in [1.165, 1.54) is 0 Å². The van der Waals surface area contributed by atoms with E-state index in [2.05, 4.69) is 0 Å². The molecule has 6 heavy (non-hydrogen) atoms. The van der Waals surface area contributed by atoms with Gasteiger partial charge in [0.05, 0.1) is 0 Å². The summed E-state index contributed by atoms with van der Waals surface area (Å²) >= 11 is -3.79. The van der Waals surface area contributed by atoms with Crippen molar-refractivity contribution in [3.05, 3.63) is 0 Å². The average molecular weight is 176 g/mol. The van der Waals surface area contributed by atoms with E-state index in [1.807, 2.05) is 0 Å². The third-order valence-corrected chi connectivity index (χ3v) is 0. The molecule has 0 heterocycles. The minimum atomic E-state index is -3.79. The summed E-state index contributed by atoms with van der Waals surface area (Å²) in [6, 6.07) is 0. The van der Waals surface area contributed by atoms with E-state index in [9.17, 15) is 0 Å². The Labute approximate surface area is 87.3 Å².